The molecular weight excluding hydrogens is 258 g/mol. The lowest BCUT2D eigenvalue weighted by atomic mass is 10.0. The lowest BCUT2D eigenvalue weighted by Gasteiger charge is -2.16. The van der Waals surface area contributed by atoms with E-state index in [0.717, 1.165) is 22.2 Å². The van der Waals surface area contributed by atoms with E-state index in [-0.39, 0.29) is 6.10 Å². The zero-order valence-electron chi connectivity index (χ0n) is 12.4. The van der Waals surface area contributed by atoms with Crippen molar-refractivity contribution < 1.29 is 4.74 Å². The van der Waals surface area contributed by atoms with E-state index in [1.807, 2.05) is 37.3 Å². The van der Waals surface area contributed by atoms with Gasteiger partial charge in [-0.3, -0.25) is 0 Å². The van der Waals surface area contributed by atoms with Crippen LogP contribution in [0.3, 0.4) is 0 Å². The predicted octanol–water partition coefficient (Wildman–Crippen LogP) is 5.00. The summed E-state index contributed by atoms with van der Waals surface area (Å²) in [7, 11) is 0. The number of hydrogen-bond acceptors (Lipinski definition) is 2. The van der Waals surface area contributed by atoms with Gasteiger partial charge in [0.05, 0.1) is 17.3 Å². The predicted molar refractivity (Wildman–Crippen MR) is 87.2 cm³/mol. The summed E-state index contributed by atoms with van der Waals surface area (Å²) in [6.07, 6.45) is 0.0605. The topological polar surface area (TPSA) is 22.1 Å². The van der Waals surface area contributed by atoms with Crippen molar-refractivity contribution in [1.29, 1.82) is 0 Å². The van der Waals surface area contributed by atoms with Gasteiger partial charge in [0.2, 0.25) is 0 Å². The van der Waals surface area contributed by atoms with E-state index >= 15 is 0 Å². The highest BCUT2D eigenvalue weighted by Crippen LogP contribution is 2.30. The van der Waals surface area contributed by atoms with E-state index < -0.39 is 0 Å². The monoisotopic (exact) mass is 277 g/mol. The number of hydrogen-bond donors (Lipinski definition) is 0. The average molecular weight is 277 g/mol. The molecule has 1 unspecified atom stereocenters. The normalized spacial score (nSPS) is 12.5. The molecule has 3 aromatic rings. The summed E-state index contributed by atoms with van der Waals surface area (Å²) in [5, 5.41) is 1.16. The van der Waals surface area contributed by atoms with Gasteiger partial charge in [-0.2, -0.15) is 0 Å². The SMILES string of the molecule is CCOC(C)c1cc(-c2ccccc2)nc2ccccc12. The number of aromatic nitrogens is 1. The van der Waals surface area contributed by atoms with Crippen LogP contribution in [0.1, 0.15) is 25.5 Å². The minimum atomic E-state index is 0.0605. The summed E-state index contributed by atoms with van der Waals surface area (Å²) in [5.74, 6) is 0. The van der Waals surface area contributed by atoms with Crippen LogP contribution in [-0.4, -0.2) is 11.6 Å². The minimum absolute atomic E-state index is 0.0605. The molecule has 0 saturated carbocycles. The fraction of sp³-hybridized carbons (Fsp3) is 0.211. The maximum absolute atomic E-state index is 5.80. The molecule has 0 aliphatic carbocycles. The fourth-order valence-electron chi connectivity index (χ4n) is 2.64. The van der Waals surface area contributed by atoms with E-state index in [0.29, 0.717) is 6.61 Å². The van der Waals surface area contributed by atoms with Crippen molar-refractivity contribution in [2.24, 2.45) is 0 Å². The van der Waals surface area contributed by atoms with Crippen molar-refractivity contribution in [2.45, 2.75) is 20.0 Å². The first-order valence-corrected chi connectivity index (χ1v) is 7.36. The number of rotatable bonds is 4. The third-order valence-electron chi connectivity index (χ3n) is 3.67. The molecule has 2 heteroatoms. The molecule has 0 N–H and O–H groups in total. The molecule has 21 heavy (non-hydrogen) atoms. The number of fused-ring (bicyclic) bond motifs is 1. The summed E-state index contributed by atoms with van der Waals surface area (Å²) >= 11 is 0. The molecule has 3 rings (SSSR count). The van der Waals surface area contributed by atoms with Gasteiger partial charge in [-0.15, -0.1) is 0 Å². The van der Waals surface area contributed by atoms with Crippen LogP contribution in [0.15, 0.2) is 60.7 Å². The van der Waals surface area contributed by atoms with Crippen molar-refractivity contribution in [1.82, 2.24) is 4.98 Å². The van der Waals surface area contributed by atoms with Gasteiger partial charge in [-0.25, -0.2) is 4.98 Å². The molecule has 0 aliphatic heterocycles. The van der Waals surface area contributed by atoms with Crippen LogP contribution in [0.2, 0.25) is 0 Å². The van der Waals surface area contributed by atoms with Gasteiger partial charge in [-0.1, -0.05) is 48.5 Å². The first-order valence-electron chi connectivity index (χ1n) is 7.36. The quantitative estimate of drug-likeness (QED) is 0.669. The van der Waals surface area contributed by atoms with Crippen LogP contribution in [0.25, 0.3) is 22.2 Å². The molecule has 2 aromatic carbocycles. The summed E-state index contributed by atoms with van der Waals surface area (Å²) in [6.45, 7) is 4.83. The van der Waals surface area contributed by atoms with E-state index in [1.54, 1.807) is 0 Å². The maximum atomic E-state index is 5.80. The second-order valence-corrected chi connectivity index (χ2v) is 5.08. The number of ether oxygens (including phenoxy) is 1. The Kier molecular flexibility index (Phi) is 3.98. The zero-order valence-corrected chi connectivity index (χ0v) is 12.4. The van der Waals surface area contributed by atoms with Crippen LogP contribution < -0.4 is 0 Å². The Balaban J connectivity index is 2.19. The Morgan fingerprint density at radius 2 is 1.71 bits per heavy atom. The molecule has 1 atom stereocenters. The van der Waals surface area contributed by atoms with Crippen LogP contribution >= 0.6 is 0 Å². The highest BCUT2D eigenvalue weighted by atomic mass is 16.5. The number of benzene rings is 2. The summed E-state index contributed by atoms with van der Waals surface area (Å²) in [5.41, 5.74) is 4.34. The first-order chi connectivity index (χ1) is 10.3. The van der Waals surface area contributed by atoms with Gasteiger partial charge in [0.15, 0.2) is 0 Å². The molecule has 1 aromatic heterocycles. The van der Waals surface area contributed by atoms with Crippen molar-refractivity contribution >= 4 is 10.9 Å². The van der Waals surface area contributed by atoms with Crippen LogP contribution in [0, 0.1) is 0 Å². The third-order valence-corrected chi connectivity index (χ3v) is 3.67. The molecule has 0 bridgehead atoms. The maximum Gasteiger partial charge on any atom is 0.0803 e. The van der Waals surface area contributed by atoms with E-state index in [2.05, 4.69) is 37.3 Å². The highest BCUT2D eigenvalue weighted by Gasteiger charge is 2.12. The van der Waals surface area contributed by atoms with Crippen molar-refractivity contribution in [3.8, 4) is 11.3 Å². The third kappa shape index (κ3) is 2.81. The summed E-state index contributed by atoms with van der Waals surface area (Å²) in [4.78, 5) is 4.79. The Hall–Kier alpha value is -2.19. The van der Waals surface area contributed by atoms with Gasteiger partial charge in [0.25, 0.3) is 0 Å². The van der Waals surface area contributed by atoms with Gasteiger partial charge in [0.1, 0.15) is 0 Å². The van der Waals surface area contributed by atoms with Crippen molar-refractivity contribution in [2.75, 3.05) is 6.61 Å². The van der Waals surface area contributed by atoms with E-state index in [4.69, 9.17) is 9.72 Å². The molecule has 2 nitrogen and oxygen atoms in total. The van der Waals surface area contributed by atoms with E-state index in [9.17, 15) is 0 Å². The van der Waals surface area contributed by atoms with Crippen molar-refractivity contribution in [3.63, 3.8) is 0 Å². The van der Waals surface area contributed by atoms with Crippen LogP contribution in [0.5, 0.6) is 0 Å². The Morgan fingerprint density at radius 3 is 2.48 bits per heavy atom. The average Bonchev–Trinajstić information content (AvgIpc) is 2.55. The van der Waals surface area contributed by atoms with Gasteiger partial charge in [0, 0.05) is 17.6 Å². The van der Waals surface area contributed by atoms with Gasteiger partial charge >= 0.3 is 0 Å². The fourth-order valence-corrected chi connectivity index (χ4v) is 2.64. The number of para-hydroxylation sites is 1. The van der Waals surface area contributed by atoms with E-state index in [1.165, 1.54) is 5.56 Å². The van der Waals surface area contributed by atoms with Crippen LogP contribution in [-0.2, 0) is 4.74 Å². The molecule has 0 amide bonds. The highest BCUT2D eigenvalue weighted by molar-refractivity contribution is 5.85. The molecule has 0 fully saturated rings. The lowest BCUT2D eigenvalue weighted by molar-refractivity contribution is 0.0774. The first kappa shape index (κ1) is 13.8. The molecule has 0 saturated heterocycles. The minimum Gasteiger partial charge on any atom is -0.374 e. The Labute approximate surface area is 125 Å². The Morgan fingerprint density at radius 1 is 1.00 bits per heavy atom. The number of pyridine rings is 1. The number of nitrogens with zero attached hydrogens (tertiary/aromatic N) is 1. The van der Waals surface area contributed by atoms with Crippen molar-refractivity contribution in [3.05, 3.63) is 66.2 Å². The lowest BCUT2D eigenvalue weighted by Crippen LogP contribution is -2.02. The van der Waals surface area contributed by atoms with Crippen LogP contribution in [0.4, 0.5) is 0 Å². The molecule has 0 aliphatic rings. The summed E-state index contributed by atoms with van der Waals surface area (Å²) in [6, 6.07) is 20.7. The molecule has 0 spiro atoms. The molecular formula is C19H19NO. The molecule has 0 radical (unpaired) electrons. The standard InChI is InChI=1S/C19H19NO/c1-3-21-14(2)17-13-19(15-9-5-4-6-10-15)20-18-12-8-7-11-16(17)18/h4-14H,3H2,1-2H3. The Bertz CT molecular complexity index is 737. The molecule has 1 heterocycles. The summed E-state index contributed by atoms with van der Waals surface area (Å²) < 4.78 is 5.80. The smallest absolute Gasteiger partial charge is 0.0803 e. The second kappa shape index (κ2) is 6.06. The second-order valence-electron chi connectivity index (χ2n) is 5.08. The zero-order chi connectivity index (χ0) is 14.7. The van der Waals surface area contributed by atoms with Gasteiger partial charge in [-0.05, 0) is 31.5 Å². The van der Waals surface area contributed by atoms with Gasteiger partial charge < -0.3 is 4.74 Å². The molecule has 106 valence electrons. The largest absolute Gasteiger partial charge is 0.374 e.